The molecule has 0 saturated carbocycles. The molecule has 4 atom stereocenters. The molecule has 2 aliphatic rings. The van der Waals surface area contributed by atoms with E-state index in [2.05, 4.69) is 0 Å². The zero-order valence-corrected chi connectivity index (χ0v) is 21.3. The number of ether oxygens (including phenoxy) is 2. The van der Waals surface area contributed by atoms with Crippen LogP contribution in [0.1, 0.15) is 48.3 Å². The van der Waals surface area contributed by atoms with E-state index in [1.165, 1.54) is 11.1 Å². The van der Waals surface area contributed by atoms with Crippen molar-refractivity contribution in [1.29, 1.82) is 0 Å². The van der Waals surface area contributed by atoms with E-state index in [4.69, 9.17) is 19.1 Å². The van der Waals surface area contributed by atoms with Crippen LogP contribution in [0.5, 0.6) is 0 Å². The molecular weight excluding hydrogens is 460 g/mol. The van der Waals surface area contributed by atoms with Crippen LogP contribution in [0.4, 0.5) is 0 Å². The molecule has 0 bridgehead atoms. The molecule has 2 heterocycles. The molecule has 4 unspecified atom stereocenters. The van der Waals surface area contributed by atoms with E-state index < -0.39 is 11.9 Å². The summed E-state index contributed by atoms with van der Waals surface area (Å²) in [6, 6.07) is 15.8. The predicted octanol–water partition coefficient (Wildman–Crippen LogP) is 4.00. The van der Waals surface area contributed by atoms with Gasteiger partial charge >= 0.3 is 11.9 Å². The molecule has 2 fully saturated rings. The number of hydrogen-bond donors (Lipinski definition) is 0. The number of rotatable bonds is 6. The number of morpholine rings is 2. The Morgan fingerprint density at radius 2 is 1.08 bits per heavy atom. The lowest BCUT2D eigenvalue weighted by Gasteiger charge is -2.37. The zero-order valence-electron chi connectivity index (χ0n) is 21.3. The van der Waals surface area contributed by atoms with Gasteiger partial charge in [-0.1, -0.05) is 59.7 Å². The van der Waals surface area contributed by atoms with E-state index in [1.54, 1.807) is 10.1 Å². The first kappa shape index (κ1) is 26.0. The number of aryl methyl sites for hydroxylation is 2. The highest BCUT2D eigenvalue weighted by atomic mass is 16.7. The van der Waals surface area contributed by atoms with Crippen LogP contribution in [0.2, 0.25) is 0 Å². The maximum Gasteiger partial charge on any atom is 0.349 e. The largest absolute Gasteiger partial charge is 0.370 e. The Morgan fingerprint density at radius 1 is 0.722 bits per heavy atom. The van der Waals surface area contributed by atoms with Crippen molar-refractivity contribution in [3.05, 3.63) is 82.9 Å². The first-order valence-electron chi connectivity index (χ1n) is 12.3. The third kappa shape index (κ3) is 6.39. The smallest absolute Gasteiger partial charge is 0.349 e. The fourth-order valence-corrected chi connectivity index (χ4v) is 4.47. The summed E-state index contributed by atoms with van der Waals surface area (Å²) in [5, 5.41) is 3.20. The van der Waals surface area contributed by atoms with E-state index in [9.17, 15) is 9.59 Å². The molecule has 8 heteroatoms. The lowest BCUT2D eigenvalue weighted by atomic mass is 10.0. The minimum Gasteiger partial charge on any atom is -0.370 e. The molecule has 0 amide bonds. The second kappa shape index (κ2) is 11.8. The Bertz CT molecular complexity index is 983. The molecule has 36 heavy (non-hydrogen) atoms. The van der Waals surface area contributed by atoms with Gasteiger partial charge in [-0.15, -0.1) is 10.1 Å². The van der Waals surface area contributed by atoms with Crippen molar-refractivity contribution in [3.8, 4) is 0 Å². The number of carbonyl (C=O) groups is 2. The van der Waals surface area contributed by atoms with Crippen molar-refractivity contribution in [3.63, 3.8) is 0 Å². The topological polar surface area (TPSA) is 77.5 Å². The van der Waals surface area contributed by atoms with Gasteiger partial charge in [0.15, 0.2) is 0 Å². The standard InChI is InChI=1S/C28H34N2O6/c1-19-5-9-23(10-6-19)27-21(3)29(15-17-33-27)35-25(31)13-14-26(32)36-30-16-18-34-28(22(30)4)24-11-7-20(2)8-12-24/h5-14,21-22,27-28H,15-18H2,1-4H3/b14-13+. The summed E-state index contributed by atoms with van der Waals surface area (Å²) in [4.78, 5) is 35.9. The molecule has 4 rings (SSSR count). The molecule has 0 aliphatic carbocycles. The monoisotopic (exact) mass is 494 g/mol. The maximum absolute atomic E-state index is 12.4. The summed E-state index contributed by atoms with van der Waals surface area (Å²) < 4.78 is 11.9. The minimum atomic E-state index is -0.643. The van der Waals surface area contributed by atoms with E-state index in [0.717, 1.165) is 23.3 Å². The van der Waals surface area contributed by atoms with Crippen molar-refractivity contribution >= 4 is 11.9 Å². The first-order valence-corrected chi connectivity index (χ1v) is 12.3. The molecule has 8 nitrogen and oxygen atoms in total. The van der Waals surface area contributed by atoms with Gasteiger partial charge in [-0.25, -0.2) is 9.59 Å². The van der Waals surface area contributed by atoms with Crippen LogP contribution in [0.25, 0.3) is 0 Å². The van der Waals surface area contributed by atoms with Crippen LogP contribution in [0.3, 0.4) is 0 Å². The van der Waals surface area contributed by atoms with Crippen molar-refractivity contribution in [1.82, 2.24) is 10.1 Å². The molecule has 0 N–H and O–H groups in total. The van der Waals surface area contributed by atoms with Gasteiger partial charge in [0.25, 0.3) is 0 Å². The highest BCUT2D eigenvalue weighted by Crippen LogP contribution is 2.30. The van der Waals surface area contributed by atoms with Crippen molar-refractivity contribution in [2.24, 2.45) is 0 Å². The SMILES string of the molecule is Cc1ccc(C2OCCN(OC(=O)/C=C/C(=O)ON3CCOC(c4ccc(C)cc4)C3C)C2C)cc1. The number of hydroxylamine groups is 4. The van der Waals surface area contributed by atoms with E-state index in [0.29, 0.717) is 26.3 Å². The number of nitrogens with zero attached hydrogens (tertiary/aromatic N) is 2. The molecule has 0 spiro atoms. The Kier molecular flexibility index (Phi) is 8.53. The Labute approximate surface area is 212 Å². The van der Waals surface area contributed by atoms with Crippen LogP contribution >= 0.6 is 0 Å². The first-order chi connectivity index (χ1) is 17.3. The summed E-state index contributed by atoms with van der Waals surface area (Å²) in [6.45, 7) is 9.69. The molecule has 2 aliphatic heterocycles. The van der Waals surface area contributed by atoms with Crippen LogP contribution < -0.4 is 0 Å². The zero-order chi connectivity index (χ0) is 25.7. The van der Waals surface area contributed by atoms with Crippen molar-refractivity contribution < 1.29 is 28.7 Å². The predicted molar refractivity (Wildman–Crippen MR) is 133 cm³/mol. The summed E-state index contributed by atoms with van der Waals surface area (Å²) in [5.41, 5.74) is 4.38. The maximum atomic E-state index is 12.4. The lowest BCUT2D eigenvalue weighted by Crippen LogP contribution is -2.46. The second-order valence-corrected chi connectivity index (χ2v) is 9.32. The molecule has 0 aromatic heterocycles. The summed E-state index contributed by atoms with van der Waals surface area (Å²) in [6.07, 6.45) is 1.75. The summed E-state index contributed by atoms with van der Waals surface area (Å²) in [5.74, 6) is -1.29. The lowest BCUT2D eigenvalue weighted by molar-refractivity contribution is -0.233. The van der Waals surface area contributed by atoms with E-state index >= 15 is 0 Å². The van der Waals surface area contributed by atoms with Gasteiger partial charge < -0.3 is 19.1 Å². The van der Waals surface area contributed by atoms with E-state index in [1.807, 2.05) is 76.2 Å². The Morgan fingerprint density at radius 3 is 1.44 bits per heavy atom. The van der Waals surface area contributed by atoms with Gasteiger partial charge in [0.1, 0.15) is 12.2 Å². The van der Waals surface area contributed by atoms with Crippen LogP contribution in [-0.4, -0.2) is 60.5 Å². The number of hydrogen-bond acceptors (Lipinski definition) is 8. The highest BCUT2D eigenvalue weighted by molar-refractivity contribution is 5.91. The molecule has 2 aromatic carbocycles. The fourth-order valence-electron chi connectivity index (χ4n) is 4.47. The van der Waals surface area contributed by atoms with Gasteiger partial charge in [0.05, 0.1) is 38.4 Å². The van der Waals surface area contributed by atoms with Gasteiger partial charge in [0.2, 0.25) is 0 Å². The van der Waals surface area contributed by atoms with Gasteiger partial charge in [0, 0.05) is 12.2 Å². The number of carbonyl (C=O) groups excluding carboxylic acids is 2. The molecular formula is C28H34N2O6. The molecule has 0 radical (unpaired) electrons. The molecule has 2 saturated heterocycles. The van der Waals surface area contributed by atoms with Gasteiger partial charge in [-0.3, -0.25) is 0 Å². The van der Waals surface area contributed by atoms with Crippen LogP contribution in [0.15, 0.2) is 60.7 Å². The Hall–Kier alpha value is -3.04. The van der Waals surface area contributed by atoms with Crippen molar-refractivity contribution in [2.45, 2.75) is 52.0 Å². The van der Waals surface area contributed by atoms with Gasteiger partial charge in [-0.05, 0) is 38.8 Å². The average Bonchev–Trinajstić information content (AvgIpc) is 2.87. The van der Waals surface area contributed by atoms with Crippen LogP contribution in [-0.2, 0) is 28.7 Å². The quantitative estimate of drug-likeness (QED) is 0.558. The minimum absolute atomic E-state index is 0.182. The third-order valence-corrected chi connectivity index (χ3v) is 6.58. The van der Waals surface area contributed by atoms with E-state index in [-0.39, 0.29) is 24.3 Å². The summed E-state index contributed by atoms with van der Waals surface area (Å²) >= 11 is 0. The Balaban J connectivity index is 1.29. The normalized spacial score (nSPS) is 25.6. The second-order valence-electron chi connectivity index (χ2n) is 9.32. The molecule has 2 aromatic rings. The molecule has 192 valence electrons. The fraction of sp³-hybridized carbons (Fsp3) is 0.429. The van der Waals surface area contributed by atoms with Crippen molar-refractivity contribution in [2.75, 3.05) is 26.3 Å². The summed E-state index contributed by atoms with van der Waals surface area (Å²) in [7, 11) is 0. The number of benzene rings is 2. The van der Waals surface area contributed by atoms with Crippen LogP contribution in [0, 0.1) is 13.8 Å². The van der Waals surface area contributed by atoms with Gasteiger partial charge in [-0.2, -0.15) is 0 Å². The third-order valence-electron chi connectivity index (χ3n) is 6.58. The average molecular weight is 495 g/mol. The highest BCUT2D eigenvalue weighted by Gasteiger charge is 2.33.